The van der Waals surface area contributed by atoms with Gasteiger partial charge in [0.2, 0.25) is 0 Å². The molecule has 0 spiro atoms. The number of nitrogens with zero attached hydrogens (tertiary/aromatic N) is 3. The fourth-order valence-electron chi connectivity index (χ4n) is 3.50. The molecule has 0 unspecified atom stereocenters. The molecular formula is C21H25N5. The SMILES string of the molecule is CCCCN(C)Cc1ccc2[nH]c(-c3ccnc4nc(C)[nH]c34)cc2c1. The molecule has 3 heterocycles. The number of pyridine rings is 1. The Hall–Kier alpha value is -2.66. The van der Waals surface area contributed by atoms with E-state index in [4.69, 9.17) is 0 Å². The fraction of sp³-hybridized carbons (Fsp3) is 0.333. The van der Waals surface area contributed by atoms with Crippen molar-refractivity contribution < 1.29 is 0 Å². The van der Waals surface area contributed by atoms with Gasteiger partial charge in [0, 0.05) is 34.9 Å². The van der Waals surface area contributed by atoms with Crippen LogP contribution in [0.5, 0.6) is 0 Å². The van der Waals surface area contributed by atoms with Gasteiger partial charge in [-0.25, -0.2) is 9.97 Å². The minimum Gasteiger partial charge on any atom is -0.354 e. The van der Waals surface area contributed by atoms with Crippen molar-refractivity contribution in [3.63, 3.8) is 0 Å². The molecule has 0 saturated heterocycles. The van der Waals surface area contributed by atoms with Crippen molar-refractivity contribution >= 4 is 22.1 Å². The Bertz CT molecular complexity index is 1040. The molecule has 1 aromatic carbocycles. The zero-order valence-corrected chi connectivity index (χ0v) is 15.6. The second-order valence-corrected chi connectivity index (χ2v) is 7.08. The summed E-state index contributed by atoms with van der Waals surface area (Å²) in [5.41, 5.74) is 6.44. The number of aromatic amines is 2. The van der Waals surface area contributed by atoms with Gasteiger partial charge in [-0.15, -0.1) is 0 Å². The van der Waals surface area contributed by atoms with Gasteiger partial charge in [-0.3, -0.25) is 0 Å². The maximum Gasteiger partial charge on any atom is 0.178 e. The smallest absolute Gasteiger partial charge is 0.178 e. The van der Waals surface area contributed by atoms with Gasteiger partial charge in [0.25, 0.3) is 0 Å². The average Bonchev–Trinajstić information content (AvgIpc) is 3.21. The molecule has 3 aromatic heterocycles. The number of unbranched alkanes of at least 4 members (excludes halogenated alkanes) is 1. The molecule has 5 heteroatoms. The molecule has 0 atom stereocenters. The summed E-state index contributed by atoms with van der Waals surface area (Å²) >= 11 is 0. The molecule has 0 aliphatic heterocycles. The molecule has 26 heavy (non-hydrogen) atoms. The third-order valence-electron chi connectivity index (χ3n) is 4.83. The number of rotatable bonds is 6. The minimum atomic E-state index is 0.761. The van der Waals surface area contributed by atoms with Crippen LogP contribution >= 0.6 is 0 Å². The number of fused-ring (bicyclic) bond motifs is 2. The number of H-pyrrole nitrogens is 2. The maximum absolute atomic E-state index is 4.44. The van der Waals surface area contributed by atoms with E-state index in [-0.39, 0.29) is 0 Å². The lowest BCUT2D eigenvalue weighted by molar-refractivity contribution is 0.321. The van der Waals surface area contributed by atoms with Crippen LogP contribution in [0.2, 0.25) is 0 Å². The van der Waals surface area contributed by atoms with Crippen LogP contribution in [0, 0.1) is 6.92 Å². The van der Waals surface area contributed by atoms with E-state index < -0.39 is 0 Å². The van der Waals surface area contributed by atoms with Crippen LogP contribution in [0.15, 0.2) is 36.5 Å². The van der Waals surface area contributed by atoms with Crippen LogP contribution in [-0.2, 0) is 6.54 Å². The molecular weight excluding hydrogens is 322 g/mol. The monoisotopic (exact) mass is 347 g/mol. The van der Waals surface area contributed by atoms with Crippen LogP contribution in [0.1, 0.15) is 31.2 Å². The molecule has 0 bridgehead atoms. The Morgan fingerprint density at radius 3 is 2.85 bits per heavy atom. The number of aryl methyl sites for hydroxylation is 1. The van der Waals surface area contributed by atoms with Crippen molar-refractivity contribution in [1.29, 1.82) is 0 Å². The molecule has 134 valence electrons. The Labute approximate surface area is 153 Å². The first kappa shape index (κ1) is 16.8. The van der Waals surface area contributed by atoms with E-state index in [2.05, 4.69) is 63.1 Å². The molecule has 0 aliphatic rings. The van der Waals surface area contributed by atoms with E-state index in [0.29, 0.717) is 0 Å². The van der Waals surface area contributed by atoms with Crippen molar-refractivity contribution in [2.24, 2.45) is 0 Å². The summed E-state index contributed by atoms with van der Waals surface area (Å²) in [6.07, 6.45) is 4.30. The normalized spacial score (nSPS) is 11.8. The Morgan fingerprint density at radius 2 is 2.00 bits per heavy atom. The Balaban J connectivity index is 1.67. The summed E-state index contributed by atoms with van der Waals surface area (Å²) in [6, 6.07) is 10.9. The Morgan fingerprint density at radius 1 is 1.12 bits per heavy atom. The molecule has 0 aliphatic carbocycles. The van der Waals surface area contributed by atoms with Gasteiger partial charge in [-0.2, -0.15) is 0 Å². The van der Waals surface area contributed by atoms with Crippen molar-refractivity contribution in [2.45, 2.75) is 33.2 Å². The van der Waals surface area contributed by atoms with Gasteiger partial charge >= 0.3 is 0 Å². The van der Waals surface area contributed by atoms with E-state index >= 15 is 0 Å². The predicted molar refractivity (Wildman–Crippen MR) is 107 cm³/mol. The van der Waals surface area contributed by atoms with Gasteiger partial charge in [-0.05, 0) is 56.8 Å². The highest BCUT2D eigenvalue weighted by Gasteiger charge is 2.11. The molecule has 0 amide bonds. The van der Waals surface area contributed by atoms with Crippen LogP contribution in [0.25, 0.3) is 33.3 Å². The first-order valence-electron chi connectivity index (χ1n) is 9.26. The number of hydrogen-bond donors (Lipinski definition) is 2. The highest BCUT2D eigenvalue weighted by molar-refractivity contribution is 5.94. The second-order valence-electron chi connectivity index (χ2n) is 7.08. The highest BCUT2D eigenvalue weighted by atomic mass is 15.1. The van der Waals surface area contributed by atoms with Gasteiger partial charge in [0.1, 0.15) is 5.82 Å². The second kappa shape index (κ2) is 6.92. The lowest BCUT2D eigenvalue weighted by atomic mass is 10.1. The zero-order chi connectivity index (χ0) is 18.1. The van der Waals surface area contributed by atoms with Crippen molar-refractivity contribution in [3.8, 4) is 11.3 Å². The quantitative estimate of drug-likeness (QED) is 0.534. The fourth-order valence-corrected chi connectivity index (χ4v) is 3.50. The number of aromatic nitrogens is 4. The number of hydrogen-bond acceptors (Lipinski definition) is 3. The maximum atomic E-state index is 4.44. The van der Waals surface area contributed by atoms with Crippen molar-refractivity contribution in [2.75, 3.05) is 13.6 Å². The molecule has 0 fully saturated rings. The van der Waals surface area contributed by atoms with Crippen LogP contribution < -0.4 is 0 Å². The zero-order valence-electron chi connectivity index (χ0n) is 15.6. The van der Waals surface area contributed by atoms with Crippen LogP contribution in [0.4, 0.5) is 0 Å². The first-order chi connectivity index (χ1) is 12.6. The predicted octanol–water partition coefficient (Wildman–Crippen LogP) is 4.65. The molecule has 5 nitrogen and oxygen atoms in total. The van der Waals surface area contributed by atoms with Gasteiger partial charge in [0.05, 0.1) is 5.52 Å². The molecule has 2 N–H and O–H groups in total. The molecule has 0 saturated carbocycles. The number of benzene rings is 1. The van der Waals surface area contributed by atoms with E-state index in [9.17, 15) is 0 Å². The Kier molecular flexibility index (Phi) is 4.47. The summed E-state index contributed by atoms with van der Waals surface area (Å²) in [4.78, 5) is 18.0. The largest absolute Gasteiger partial charge is 0.354 e. The van der Waals surface area contributed by atoms with Gasteiger partial charge in [0.15, 0.2) is 5.65 Å². The third kappa shape index (κ3) is 3.22. The lowest BCUT2D eigenvalue weighted by Gasteiger charge is -2.16. The topological polar surface area (TPSA) is 60.6 Å². The summed E-state index contributed by atoms with van der Waals surface area (Å²) in [5, 5.41) is 1.24. The van der Waals surface area contributed by atoms with Crippen molar-refractivity contribution in [1.82, 2.24) is 24.8 Å². The summed E-state index contributed by atoms with van der Waals surface area (Å²) < 4.78 is 0. The molecule has 4 aromatic rings. The van der Waals surface area contributed by atoms with E-state index in [1.165, 1.54) is 23.8 Å². The summed E-state index contributed by atoms with van der Waals surface area (Å²) in [7, 11) is 2.19. The van der Waals surface area contributed by atoms with Crippen molar-refractivity contribution in [3.05, 3.63) is 47.9 Å². The number of nitrogens with one attached hydrogen (secondary N) is 2. The molecule has 4 rings (SSSR count). The average molecular weight is 347 g/mol. The summed E-state index contributed by atoms with van der Waals surface area (Å²) in [6.45, 7) is 6.31. The van der Waals surface area contributed by atoms with E-state index in [1.54, 1.807) is 0 Å². The van der Waals surface area contributed by atoms with Crippen LogP contribution in [0.3, 0.4) is 0 Å². The van der Waals surface area contributed by atoms with E-state index in [0.717, 1.165) is 46.9 Å². The summed E-state index contributed by atoms with van der Waals surface area (Å²) in [5.74, 6) is 0.883. The lowest BCUT2D eigenvalue weighted by Crippen LogP contribution is -2.18. The first-order valence-corrected chi connectivity index (χ1v) is 9.26. The van der Waals surface area contributed by atoms with E-state index in [1.807, 2.05) is 19.2 Å². The van der Waals surface area contributed by atoms with Gasteiger partial charge < -0.3 is 14.9 Å². The van der Waals surface area contributed by atoms with Gasteiger partial charge in [-0.1, -0.05) is 19.4 Å². The minimum absolute atomic E-state index is 0.761. The molecule has 0 radical (unpaired) electrons. The number of imidazole rings is 1. The third-order valence-corrected chi connectivity index (χ3v) is 4.83. The standard InChI is InChI=1S/C21H25N5/c1-4-5-10-26(3)13-15-6-7-18-16(11-15)12-19(25-18)17-8-9-22-21-20(17)23-14(2)24-21/h6-9,11-12,25H,4-5,10,13H2,1-3H3,(H,22,23,24). The van der Waals surface area contributed by atoms with Crippen LogP contribution in [-0.4, -0.2) is 38.4 Å². The highest BCUT2D eigenvalue weighted by Crippen LogP contribution is 2.29.